The number of hydrogen-bond donors (Lipinski definition) is 0. The molecule has 0 spiro atoms. The van der Waals surface area contributed by atoms with Crippen LogP contribution in [0.25, 0.3) is 0 Å². The van der Waals surface area contributed by atoms with Crippen LogP contribution in [-0.2, 0) is 13.7 Å². The van der Waals surface area contributed by atoms with E-state index in [0.29, 0.717) is 22.6 Å². The molecule has 8 heteroatoms. The van der Waals surface area contributed by atoms with E-state index in [2.05, 4.69) is 0 Å². The van der Waals surface area contributed by atoms with E-state index in [-0.39, 0.29) is 5.25 Å². The maximum atomic E-state index is 13.1. The quantitative estimate of drug-likeness (QED) is 0.656. The minimum Gasteiger partial charge on any atom is -0.204 e. The summed E-state index contributed by atoms with van der Waals surface area (Å²) in [6.07, 6.45) is 2.10. The Hall–Kier alpha value is -1.51. The van der Waals surface area contributed by atoms with Crippen molar-refractivity contribution in [1.29, 1.82) is 0 Å². The Balaban J connectivity index is 2.23. The van der Waals surface area contributed by atoms with E-state index in [1.165, 1.54) is 0 Å². The van der Waals surface area contributed by atoms with Gasteiger partial charge in [0.05, 0.1) is 0 Å². The second-order valence-electron chi connectivity index (χ2n) is 5.75. The highest BCUT2D eigenvalue weighted by Crippen LogP contribution is 2.72. The lowest BCUT2D eigenvalue weighted by Crippen LogP contribution is -2.34. The molecule has 0 aliphatic heterocycles. The second kappa shape index (κ2) is 6.66. The standard InChI is InChI=1S/C17H17F3O3S2/c18-17(19,20)25(21,22)23-24(16-12-7-13-16,14-8-3-1-4-9-14)15-10-5-2-6-11-15/h1-6,8-11,16H,7,12-13H2. The zero-order valence-corrected chi connectivity index (χ0v) is 14.8. The molecule has 1 fully saturated rings. The molecule has 3 rings (SSSR count). The van der Waals surface area contributed by atoms with Crippen LogP contribution in [0.3, 0.4) is 0 Å². The first-order chi connectivity index (χ1) is 11.8. The lowest BCUT2D eigenvalue weighted by molar-refractivity contribution is -0.0496. The lowest BCUT2D eigenvalue weighted by atomic mass is 10.00. The van der Waals surface area contributed by atoms with E-state index in [1.54, 1.807) is 60.7 Å². The maximum Gasteiger partial charge on any atom is 0.523 e. The van der Waals surface area contributed by atoms with Crippen molar-refractivity contribution < 1.29 is 25.2 Å². The first kappa shape index (κ1) is 18.3. The van der Waals surface area contributed by atoms with Gasteiger partial charge in [-0.25, -0.2) is 3.63 Å². The summed E-state index contributed by atoms with van der Waals surface area (Å²) in [6, 6.07) is 16.8. The highest BCUT2D eigenvalue weighted by Gasteiger charge is 2.54. The molecule has 0 unspecified atom stereocenters. The van der Waals surface area contributed by atoms with E-state index >= 15 is 0 Å². The summed E-state index contributed by atoms with van der Waals surface area (Å²) in [4.78, 5) is 0.970. The molecule has 1 aliphatic carbocycles. The van der Waals surface area contributed by atoms with Crippen LogP contribution >= 0.6 is 10.3 Å². The summed E-state index contributed by atoms with van der Waals surface area (Å²) < 4.78 is 68.2. The Kier molecular flexibility index (Phi) is 4.87. The van der Waals surface area contributed by atoms with Gasteiger partial charge < -0.3 is 0 Å². The SMILES string of the molecule is O=S(=O)(OS(c1ccccc1)(c1ccccc1)C1CCC1)C(F)(F)F. The summed E-state index contributed by atoms with van der Waals surface area (Å²) in [6.45, 7) is 0. The minimum absolute atomic E-state index is 0.269. The molecule has 0 radical (unpaired) electrons. The molecule has 0 atom stereocenters. The molecule has 25 heavy (non-hydrogen) atoms. The van der Waals surface area contributed by atoms with E-state index < -0.39 is 25.9 Å². The van der Waals surface area contributed by atoms with Crippen molar-refractivity contribution >= 4 is 20.4 Å². The fourth-order valence-corrected chi connectivity index (χ4v) is 8.46. The van der Waals surface area contributed by atoms with Crippen LogP contribution in [0.4, 0.5) is 13.2 Å². The van der Waals surface area contributed by atoms with Gasteiger partial charge in [-0.15, -0.1) is 0 Å². The fraction of sp³-hybridized carbons (Fsp3) is 0.294. The van der Waals surface area contributed by atoms with E-state index in [1.807, 2.05) is 0 Å². The Labute approximate surface area is 146 Å². The number of rotatable bonds is 5. The van der Waals surface area contributed by atoms with Crippen molar-refractivity contribution in [3.63, 3.8) is 0 Å². The average Bonchev–Trinajstić information content (AvgIpc) is 2.53. The molecule has 0 N–H and O–H groups in total. The zero-order valence-electron chi connectivity index (χ0n) is 13.1. The van der Waals surface area contributed by atoms with E-state index in [0.717, 1.165) is 6.42 Å². The first-order valence-corrected chi connectivity index (χ1v) is 10.7. The van der Waals surface area contributed by atoms with Crippen LogP contribution in [0.1, 0.15) is 19.3 Å². The molecule has 2 aromatic carbocycles. The van der Waals surface area contributed by atoms with Gasteiger partial charge in [-0.2, -0.15) is 21.6 Å². The summed E-state index contributed by atoms with van der Waals surface area (Å²) in [5.41, 5.74) is -5.46. The van der Waals surface area contributed by atoms with Crippen molar-refractivity contribution in [3.8, 4) is 0 Å². The Morgan fingerprint density at radius 1 is 0.840 bits per heavy atom. The third kappa shape index (κ3) is 3.30. The summed E-state index contributed by atoms with van der Waals surface area (Å²) >= 11 is 0. The third-order valence-corrected chi connectivity index (χ3v) is 9.69. The molecule has 0 saturated heterocycles. The van der Waals surface area contributed by atoms with Crippen LogP contribution in [0, 0.1) is 0 Å². The number of hydrogen-bond acceptors (Lipinski definition) is 3. The third-order valence-electron chi connectivity index (χ3n) is 4.19. The van der Waals surface area contributed by atoms with Crippen molar-refractivity contribution in [2.45, 2.75) is 39.8 Å². The molecular formula is C17H17F3O3S2. The van der Waals surface area contributed by atoms with Gasteiger partial charge in [0.15, 0.2) is 0 Å². The molecule has 1 aliphatic rings. The number of benzene rings is 2. The maximum absolute atomic E-state index is 13.1. The van der Waals surface area contributed by atoms with Gasteiger partial charge in [-0.3, -0.25) is 0 Å². The highest BCUT2D eigenvalue weighted by molar-refractivity contribution is 8.33. The monoisotopic (exact) mass is 390 g/mol. The minimum atomic E-state index is -5.74. The topological polar surface area (TPSA) is 43.4 Å². The Morgan fingerprint density at radius 2 is 1.28 bits per heavy atom. The van der Waals surface area contributed by atoms with Crippen molar-refractivity contribution in [2.75, 3.05) is 0 Å². The number of halogens is 3. The van der Waals surface area contributed by atoms with Gasteiger partial charge in [0.25, 0.3) is 0 Å². The van der Waals surface area contributed by atoms with Crippen molar-refractivity contribution in [2.24, 2.45) is 0 Å². The largest absolute Gasteiger partial charge is 0.523 e. The predicted molar refractivity (Wildman–Crippen MR) is 90.7 cm³/mol. The Morgan fingerprint density at radius 3 is 1.60 bits per heavy atom. The highest BCUT2D eigenvalue weighted by atomic mass is 32.3. The van der Waals surface area contributed by atoms with Gasteiger partial charge in [-0.05, 0) is 37.1 Å². The van der Waals surface area contributed by atoms with Crippen LogP contribution in [-0.4, -0.2) is 19.2 Å². The molecule has 2 aromatic rings. The second-order valence-corrected chi connectivity index (χ2v) is 10.5. The smallest absolute Gasteiger partial charge is 0.204 e. The van der Waals surface area contributed by atoms with Crippen molar-refractivity contribution in [3.05, 3.63) is 60.7 Å². The van der Waals surface area contributed by atoms with Gasteiger partial charge in [0, 0.05) is 15.0 Å². The molecule has 0 heterocycles. The summed E-state index contributed by atoms with van der Waals surface area (Å²) in [5, 5.41) is -0.269. The lowest BCUT2D eigenvalue weighted by Gasteiger charge is -2.49. The van der Waals surface area contributed by atoms with Gasteiger partial charge in [0.2, 0.25) is 0 Å². The molecule has 0 amide bonds. The summed E-state index contributed by atoms with van der Waals surface area (Å²) in [7, 11) is -8.58. The van der Waals surface area contributed by atoms with Crippen LogP contribution < -0.4 is 0 Å². The van der Waals surface area contributed by atoms with Gasteiger partial charge in [-0.1, -0.05) is 53.1 Å². The van der Waals surface area contributed by atoms with E-state index in [9.17, 15) is 21.6 Å². The fourth-order valence-electron chi connectivity index (χ4n) is 2.78. The average molecular weight is 390 g/mol. The Bertz CT molecular complexity index is 778. The van der Waals surface area contributed by atoms with Crippen molar-refractivity contribution in [1.82, 2.24) is 0 Å². The molecule has 0 aromatic heterocycles. The molecular weight excluding hydrogens is 373 g/mol. The molecule has 1 saturated carbocycles. The predicted octanol–water partition coefficient (Wildman–Crippen LogP) is 5.24. The van der Waals surface area contributed by atoms with Gasteiger partial charge >= 0.3 is 15.6 Å². The summed E-state index contributed by atoms with van der Waals surface area (Å²) in [5.74, 6) is 0. The van der Waals surface area contributed by atoms with E-state index in [4.69, 9.17) is 3.63 Å². The van der Waals surface area contributed by atoms with Crippen LogP contribution in [0.2, 0.25) is 0 Å². The first-order valence-electron chi connectivity index (χ1n) is 7.72. The number of alkyl halides is 3. The normalized spacial score (nSPS) is 17.1. The van der Waals surface area contributed by atoms with Crippen LogP contribution in [0.15, 0.2) is 70.5 Å². The molecule has 3 nitrogen and oxygen atoms in total. The molecule has 136 valence electrons. The molecule has 0 bridgehead atoms. The zero-order chi connectivity index (χ0) is 18.1. The van der Waals surface area contributed by atoms with Gasteiger partial charge in [0.1, 0.15) is 0 Å². The van der Waals surface area contributed by atoms with Crippen LogP contribution in [0.5, 0.6) is 0 Å².